The third-order valence-electron chi connectivity index (χ3n) is 4.27. The molecule has 0 aromatic heterocycles. The first kappa shape index (κ1) is 13.0. The van der Waals surface area contributed by atoms with Crippen LogP contribution in [-0.2, 0) is 0 Å². The van der Waals surface area contributed by atoms with Crippen molar-refractivity contribution in [3.8, 4) is 0 Å². The van der Waals surface area contributed by atoms with Gasteiger partial charge in [0.1, 0.15) is 11.6 Å². The molecule has 2 nitrogen and oxygen atoms in total. The van der Waals surface area contributed by atoms with Gasteiger partial charge in [0.25, 0.3) is 0 Å². The number of rotatable bonds is 4. The normalized spacial score (nSPS) is 27.9. The summed E-state index contributed by atoms with van der Waals surface area (Å²) in [7, 11) is 1.93. The maximum Gasteiger partial charge on any atom is 0.126 e. The first-order valence-electron chi connectivity index (χ1n) is 7.05. The van der Waals surface area contributed by atoms with Crippen LogP contribution in [0.5, 0.6) is 0 Å². The van der Waals surface area contributed by atoms with Crippen LogP contribution in [0, 0.1) is 17.6 Å². The van der Waals surface area contributed by atoms with E-state index < -0.39 is 11.6 Å². The SMILES string of the molecule is CNCC1CCN(C2CC2)C1c1cc(F)cc(F)c1. The number of nitrogens with one attached hydrogen (secondary N) is 1. The summed E-state index contributed by atoms with van der Waals surface area (Å²) < 4.78 is 26.9. The molecule has 0 radical (unpaired) electrons. The molecule has 1 aliphatic heterocycles. The summed E-state index contributed by atoms with van der Waals surface area (Å²) in [5.41, 5.74) is 0.794. The Hall–Kier alpha value is -1.00. The second-order valence-electron chi connectivity index (χ2n) is 5.72. The Labute approximate surface area is 112 Å². The van der Waals surface area contributed by atoms with Gasteiger partial charge in [0.05, 0.1) is 0 Å². The molecule has 1 heterocycles. The summed E-state index contributed by atoms with van der Waals surface area (Å²) >= 11 is 0. The zero-order valence-electron chi connectivity index (χ0n) is 11.2. The average Bonchev–Trinajstić information content (AvgIpc) is 3.10. The van der Waals surface area contributed by atoms with Crippen molar-refractivity contribution in [1.29, 1.82) is 0 Å². The van der Waals surface area contributed by atoms with Crippen molar-refractivity contribution in [2.75, 3.05) is 20.1 Å². The molecule has 3 rings (SSSR count). The second kappa shape index (κ2) is 5.17. The van der Waals surface area contributed by atoms with E-state index in [0.29, 0.717) is 12.0 Å². The minimum Gasteiger partial charge on any atom is -0.319 e. The number of hydrogen-bond acceptors (Lipinski definition) is 2. The summed E-state index contributed by atoms with van der Waals surface area (Å²) in [6.07, 6.45) is 3.54. The van der Waals surface area contributed by atoms with E-state index >= 15 is 0 Å². The van der Waals surface area contributed by atoms with Gasteiger partial charge in [-0.25, -0.2) is 8.78 Å². The van der Waals surface area contributed by atoms with Gasteiger partial charge in [-0.1, -0.05) is 0 Å². The average molecular weight is 266 g/mol. The highest BCUT2D eigenvalue weighted by Gasteiger charge is 2.42. The molecular weight excluding hydrogens is 246 g/mol. The van der Waals surface area contributed by atoms with Gasteiger partial charge in [-0.05, 0) is 63.0 Å². The van der Waals surface area contributed by atoms with E-state index in [4.69, 9.17) is 0 Å². The summed E-state index contributed by atoms with van der Waals surface area (Å²) in [5, 5.41) is 3.20. The summed E-state index contributed by atoms with van der Waals surface area (Å²) in [4.78, 5) is 2.44. The van der Waals surface area contributed by atoms with Gasteiger partial charge in [0, 0.05) is 18.2 Å². The van der Waals surface area contributed by atoms with Gasteiger partial charge in [0.2, 0.25) is 0 Å². The monoisotopic (exact) mass is 266 g/mol. The molecule has 1 N–H and O–H groups in total. The summed E-state index contributed by atoms with van der Waals surface area (Å²) in [6, 6.07) is 4.73. The topological polar surface area (TPSA) is 15.3 Å². The highest BCUT2D eigenvalue weighted by Crippen LogP contribution is 2.44. The van der Waals surface area contributed by atoms with E-state index in [2.05, 4.69) is 10.2 Å². The van der Waals surface area contributed by atoms with Crippen molar-refractivity contribution in [1.82, 2.24) is 10.2 Å². The molecule has 4 heteroatoms. The molecule has 1 aromatic carbocycles. The zero-order valence-corrected chi connectivity index (χ0v) is 11.2. The van der Waals surface area contributed by atoms with Crippen molar-refractivity contribution < 1.29 is 8.78 Å². The maximum absolute atomic E-state index is 13.5. The van der Waals surface area contributed by atoms with Crippen LogP contribution in [0.3, 0.4) is 0 Å². The van der Waals surface area contributed by atoms with E-state index in [-0.39, 0.29) is 6.04 Å². The van der Waals surface area contributed by atoms with Gasteiger partial charge in [0.15, 0.2) is 0 Å². The quantitative estimate of drug-likeness (QED) is 0.901. The third-order valence-corrected chi connectivity index (χ3v) is 4.27. The van der Waals surface area contributed by atoms with E-state index in [1.807, 2.05) is 7.05 Å². The minimum absolute atomic E-state index is 0.158. The van der Waals surface area contributed by atoms with Gasteiger partial charge in [-0.3, -0.25) is 4.90 Å². The first-order chi connectivity index (χ1) is 9.19. The van der Waals surface area contributed by atoms with Crippen LogP contribution in [0.2, 0.25) is 0 Å². The van der Waals surface area contributed by atoms with Crippen molar-refractivity contribution in [2.45, 2.75) is 31.3 Å². The fourth-order valence-corrected chi connectivity index (χ4v) is 3.38. The van der Waals surface area contributed by atoms with Crippen LogP contribution < -0.4 is 5.32 Å². The Bertz CT molecular complexity index is 439. The lowest BCUT2D eigenvalue weighted by molar-refractivity contribution is 0.216. The van der Waals surface area contributed by atoms with Crippen LogP contribution in [0.4, 0.5) is 8.78 Å². The lowest BCUT2D eigenvalue weighted by atomic mass is 9.93. The summed E-state index contributed by atoms with van der Waals surface area (Å²) in [5.74, 6) is -0.506. The number of benzene rings is 1. The lowest BCUT2D eigenvalue weighted by Crippen LogP contribution is -2.30. The van der Waals surface area contributed by atoms with Crippen molar-refractivity contribution >= 4 is 0 Å². The van der Waals surface area contributed by atoms with Gasteiger partial charge < -0.3 is 5.32 Å². The van der Waals surface area contributed by atoms with Crippen molar-refractivity contribution in [2.24, 2.45) is 5.92 Å². The van der Waals surface area contributed by atoms with Crippen LogP contribution in [0.1, 0.15) is 30.9 Å². The largest absolute Gasteiger partial charge is 0.319 e. The molecule has 1 aromatic rings. The molecule has 2 fully saturated rings. The number of halogens is 2. The molecule has 1 saturated heterocycles. The fraction of sp³-hybridized carbons (Fsp3) is 0.600. The van der Waals surface area contributed by atoms with Crippen LogP contribution in [0.15, 0.2) is 18.2 Å². The molecule has 0 spiro atoms. The third kappa shape index (κ3) is 2.65. The minimum atomic E-state index is -0.471. The maximum atomic E-state index is 13.5. The van der Waals surface area contributed by atoms with Crippen LogP contribution in [0.25, 0.3) is 0 Å². The Kier molecular flexibility index (Phi) is 3.54. The highest BCUT2D eigenvalue weighted by molar-refractivity contribution is 5.24. The molecular formula is C15H20F2N2. The Morgan fingerprint density at radius 3 is 2.42 bits per heavy atom. The highest BCUT2D eigenvalue weighted by atomic mass is 19.1. The van der Waals surface area contributed by atoms with Gasteiger partial charge >= 0.3 is 0 Å². The predicted molar refractivity (Wildman–Crippen MR) is 70.9 cm³/mol. The van der Waals surface area contributed by atoms with Gasteiger partial charge in [-0.15, -0.1) is 0 Å². The number of hydrogen-bond donors (Lipinski definition) is 1. The molecule has 2 unspecified atom stereocenters. The molecule has 0 bridgehead atoms. The lowest BCUT2D eigenvalue weighted by Gasteiger charge is -2.28. The first-order valence-corrected chi connectivity index (χ1v) is 7.05. The van der Waals surface area contributed by atoms with E-state index in [9.17, 15) is 8.78 Å². The number of nitrogens with zero attached hydrogens (tertiary/aromatic N) is 1. The molecule has 1 aliphatic carbocycles. The van der Waals surface area contributed by atoms with Crippen LogP contribution >= 0.6 is 0 Å². The Balaban J connectivity index is 1.91. The standard InChI is InChI=1S/C15H20F2N2/c1-18-9-10-4-5-19(14-2-3-14)15(10)11-6-12(16)8-13(17)7-11/h6-8,10,14-15,18H,2-5,9H2,1H3. The van der Waals surface area contributed by atoms with Crippen molar-refractivity contribution in [3.05, 3.63) is 35.4 Å². The van der Waals surface area contributed by atoms with E-state index in [1.54, 1.807) is 0 Å². The Morgan fingerprint density at radius 2 is 1.84 bits per heavy atom. The number of likely N-dealkylation sites (tertiary alicyclic amines) is 1. The van der Waals surface area contributed by atoms with Gasteiger partial charge in [-0.2, -0.15) is 0 Å². The molecule has 104 valence electrons. The predicted octanol–water partition coefficient (Wildman–Crippen LogP) is 2.71. The van der Waals surface area contributed by atoms with Crippen LogP contribution in [-0.4, -0.2) is 31.1 Å². The molecule has 19 heavy (non-hydrogen) atoms. The smallest absolute Gasteiger partial charge is 0.126 e. The summed E-state index contributed by atoms with van der Waals surface area (Å²) in [6.45, 7) is 1.94. The molecule has 0 amide bonds. The van der Waals surface area contributed by atoms with E-state index in [1.165, 1.54) is 25.0 Å². The molecule has 2 aliphatic rings. The molecule has 1 saturated carbocycles. The fourth-order valence-electron chi connectivity index (χ4n) is 3.38. The van der Waals surface area contributed by atoms with Crippen molar-refractivity contribution in [3.63, 3.8) is 0 Å². The zero-order chi connectivity index (χ0) is 13.4. The second-order valence-corrected chi connectivity index (χ2v) is 5.72. The Morgan fingerprint density at radius 1 is 1.16 bits per heavy atom. The molecule has 2 atom stereocenters. The van der Waals surface area contributed by atoms with E-state index in [0.717, 1.165) is 31.1 Å².